The van der Waals surface area contributed by atoms with Gasteiger partial charge in [0.2, 0.25) is 0 Å². The molecule has 8 heteroatoms. The lowest BCUT2D eigenvalue weighted by Crippen LogP contribution is -2.26. The second-order valence-corrected chi connectivity index (χ2v) is 26.3. The highest BCUT2D eigenvalue weighted by Gasteiger charge is 2.46. The zero-order chi connectivity index (χ0) is 26.8. The van der Waals surface area contributed by atoms with E-state index < -0.39 is 30.3 Å². The van der Waals surface area contributed by atoms with Crippen molar-refractivity contribution in [3.05, 3.63) is 0 Å². The van der Waals surface area contributed by atoms with Gasteiger partial charge in [0.05, 0.1) is 14.1 Å². The third-order valence-corrected chi connectivity index (χ3v) is 21.6. The molecule has 0 radical (unpaired) electrons. The minimum Gasteiger partial charge on any atom is -0.240 e. The Morgan fingerprint density at radius 1 is 0.441 bits per heavy atom. The van der Waals surface area contributed by atoms with Gasteiger partial charge in [-0.05, 0) is 45.3 Å². The standard InChI is InChI=1S/C26H56N4P4/c1-17(2)31(18(3)4)27-25-29-34(23(13)14,24(15)16)26(28-32(19(5)6)20(7)8)30-33(25,21(9)10)22(11)12/h17-24H,1-16H3/b27-25+,28-26+. The highest BCUT2D eigenvalue weighted by atomic mass is 31.2. The van der Waals surface area contributed by atoms with E-state index in [0.717, 1.165) is 11.2 Å². The molecule has 4 nitrogen and oxygen atoms in total. The molecule has 0 aromatic rings. The minimum absolute atomic E-state index is 0.419. The summed E-state index contributed by atoms with van der Waals surface area (Å²) in [6.45, 7) is 37.5. The van der Waals surface area contributed by atoms with Crippen LogP contribution in [0.5, 0.6) is 0 Å². The van der Waals surface area contributed by atoms with Crippen LogP contribution >= 0.6 is 30.3 Å². The minimum atomic E-state index is -1.98. The van der Waals surface area contributed by atoms with Gasteiger partial charge in [-0.2, -0.15) is 0 Å². The average Bonchev–Trinajstić information content (AvgIpc) is 2.67. The highest BCUT2D eigenvalue weighted by molar-refractivity contribution is 7.92. The lowest BCUT2D eigenvalue weighted by molar-refractivity contribution is 0.988. The fourth-order valence-corrected chi connectivity index (χ4v) is 18.9. The monoisotopic (exact) mass is 548 g/mol. The maximum Gasteiger partial charge on any atom is 0.166 e. The van der Waals surface area contributed by atoms with Crippen LogP contribution in [0.25, 0.3) is 0 Å². The maximum absolute atomic E-state index is 5.88. The van der Waals surface area contributed by atoms with Crippen molar-refractivity contribution in [2.45, 2.75) is 156 Å². The number of hydrogen-bond donors (Lipinski definition) is 0. The SMILES string of the molecule is CC(C)P(/N=C1N=P(C(C)C)(C(C)C)/C(=N/P(C(C)C)C(C)C)N=P\1(C(C)C)C(C)C)C(C)C. The molecule has 0 spiro atoms. The average molecular weight is 549 g/mol. The van der Waals surface area contributed by atoms with Crippen molar-refractivity contribution in [3.8, 4) is 0 Å². The van der Waals surface area contributed by atoms with Crippen LogP contribution in [0.2, 0.25) is 0 Å². The Morgan fingerprint density at radius 2 is 0.647 bits per heavy atom. The molecule has 1 aliphatic rings. The van der Waals surface area contributed by atoms with E-state index in [4.69, 9.17) is 19.0 Å². The predicted octanol–water partition coefficient (Wildman–Crippen LogP) is 11.2. The van der Waals surface area contributed by atoms with Crippen LogP contribution in [-0.2, 0) is 0 Å². The quantitative estimate of drug-likeness (QED) is 0.244. The van der Waals surface area contributed by atoms with Gasteiger partial charge >= 0.3 is 0 Å². The molecular formula is C26H56N4P4. The Labute approximate surface area is 216 Å². The molecule has 0 amide bonds. The number of nitrogens with zero attached hydrogens (tertiary/aromatic N) is 4. The van der Waals surface area contributed by atoms with E-state index in [1.54, 1.807) is 0 Å². The second kappa shape index (κ2) is 12.9. The molecule has 1 rings (SSSR count). The highest BCUT2D eigenvalue weighted by Crippen LogP contribution is 2.73. The van der Waals surface area contributed by atoms with Gasteiger partial charge in [0, 0.05) is 16.1 Å². The van der Waals surface area contributed by atoms with Crippen LogP contribution in [0, 0.1) is 0 Å². The van der Waals surface area contributed by atoms with Crippen molar-refractivity contribution in [3.63, 3.8) is 0 Å². The lowest BCUT2D eigenvalue weighted by Gasteiger charge is -2.43. The fourth-order valence-electron chi connectivity index (χ4n) is 5.15. The predicted molar refractivity (Wildman–Crippen MR) is 168 cm³/mol. The summed E-state index contributed by atoms with van der Waals surface area (Å²) < 4.78 is 23.0. The molecule has 0 unspecified atom stereocenters. The Morgan fingerprint density at radius 3 is 0.794 bits per heavy atom. The van der Waals surface area contributed by atoms with Crippen LogP contribution in [0.3, 0.4) is 0 Å². The number of amidine groups is 2. The molecular weight excluding hydrogens is 492 g/mol. The van der Waals surface area contributed by atoms with Crippen LogP contribution in [0.15, 0.2) is 19.0 Å². The van der Waals surface area contributed by atoms with Crippen molar-refractivity contribution in [1.82, 2.24) is 0 Å². The van der Waals surface area contributed by atoms with Crippen LogP contribution in [0.1, 0.15) is 111 Å². The van der Waals surface area contributed by atoms with Gasteiger partial charge in [-0.1, -0.05) is 111 Å². The van der Waals surface area contributed by atoms with E-state index in [1.165, 1.54) is 0 Å². The summed E-state index contributed by atoms with van der Waals surface area (Å²) in [5.41, 5.74) is 6.18. The van der Waals surface area contributed by atoms with E-state index in [2.05, 4.69) is 111 Å². The first-order valence-electron chi connectivity index (χ1n) is 13.4. The molecule has 0 saturated carbocycles. The second-order valence-electron chi connectivity index (χ2n) is 12.0. The number of hydrogen-bond acceptors (Lipinski definition) is 2. The third-order valence-electron chi connectivity index (χ3n) is 6.83. The summed E-state index contributed by atoms with van der Waals surface area (Å²) in [4.78, 5) is 0. The normalized spacial score (nSPS) is 21.1. The van der Waals surface area contributed by atoms with Crippen LogP contribution in [0.4, 0.5) is 0 Å². The first-order chi connectivity index (χ1) is 15.5. The van der Waals surface area contributed by atoms with Crippen molar-refractivity contribution in [2.75, 3.05) is 0 Å². The molecule has 0 fully saturated rings. The fraction of sp³-hybridized carbons (Fsp3) is 0.923. The Kier molecular flexibility index (Phi) is 12.4. The van der Waals surface area contributed by atoms with Crippen molar-refractivity contribution < 1.29 is 0 Å². The summed E-state index contributed by atoms with van der Waals surface area (Å²) >= 11 is 0. The Hall–Kier alpha value is 0.660. The van der Waals surface area contributed by atoms with Gasteiger partial charge in [-0.15, -0.1) is 0 Å². The summed E-state index contributed by atoms with van der Waals surface area (Å²) in [5, 5.41) is 0. The third kappa shape index (κ3) is 6.56. The zero-order valence-electron chi connectivity index (χ0n) is 25.2. The van der Waals surface area contributed by atoms with Gasteiger partial charge in [0.1, 0.15) is 0 Å². The molecule has 200 valence electrons. The molecule has 0 aromatic carbocycles. The van der Waals surface area contributed by atoms with Crippen molar-refractivity contribution in [1.29, 1.82) is 0 Å². The van der Waals surface area contributed by atoms with Crippen LogP contribution < -0.4 is 0 Å². The van der Waals surface area contributed by atoms with Gasteiger partial charge < -0.3 is 0 Å². The topological polar surface area (TPSA) is 49.4 Å². The van der Waals surface area contributed by atoms with Crippen molar-refractivity contribution in [2.24, 2.45) is 19.0 Å². The molecule has 0 aliphatic carbocycles. The molecule has 0 bridgehead atoms. The molecule has 1 aliphatic heterocycles. The summed E-state index contributed by atoms with van der Waals surface area (Å²) in [5.74, 6) is 0. The zero-order valence-corrected chi connectivity index (χ0v) is 28.8. The summed E-state index contributed by atoms with van der Waals surface area (Å²) in [6, 6.07) is 0. The molecule has 0 atom stereocenters. The first kappa shape index (κ1) is 32.7. The summed E-state index contributed by atoms with van der Waals surface area (Å²) in [7, 11) is -4.95. The number of rotatable bonds is 10. The van der Waals surface area contributed by atoms with Crippen LogP contribution in [-0.4, -0.2) is 56.4 Å². The molecule has 0 aromatic heterocycles. The van der Waals surface area contributed by atoms with Gasteiger partial charge in [0.15, 0.2) is 11.2 Å². The molecule has 0 saturated heterocycles. The van der Waals surface area contributed by atoms with E-state index in [0.29, 0.717) is 45.3 Å². The molecule has 34 heavy (non-hydrogen) atoms. The van der Waals surface area contributed by atoms with Gasteiger partial charge in [-0.3, -0.25) is 0 Å². The van der Waals surface area contributed by atoms with E-state index in [-0.39, 0.29) is 0 Å². The van der Waals surface area contributed by atoms with Gasteiger partial charge in [0.25, 0.3) is 0 Å². The Bertz CT molecular complexity index is 739. The lowest BCUT2D eigenvalue weighted by atomic mass is 10.5. The largest absolute Gasteiger partial charge is 0.240 e. The molecule has 0 N–H and O–H groups in total. The van der Waals surface area contributed by atoms with E-state index >= 15 is 0 Å². The smallest absolute Gasteiger partial charge is 0.166 e. The van der Waals surface area contributed by atoms with Crippen molar-refractivity contribution >= 4 is 41.4 Å². The molecule has 1 heterocycles. The first-order valence-corrected chi connectivity index (χ1v) is 20.1. The Balaban J connectivity index is 4.30. The van der Waals surface area contributed by atoms with E-state index in [1.807, 2.05) is 0 Å². The van der Waals surface area contributed by atoms with E-state index in [9.17, 15) is 0 Å². The maximum atomic E-state index is 5.88. The summed E-state index contributed by atoms with van der Waals surface area (Å²) in [6.07, 6.45) is 0. The van der Waals surface area contributed by atoms with Gasteiger partial charge in [-0.25, -0.2) is 19.0 Å².